The molecule has 176 valence electrons. The Morgan fingerprint density at radius 3 is 2.58 bits per heavy atom. The van der Waals surface area contributed by atoms with E-state index in [0.717, 1.165) is 57.1 Å². The predicted molar refractivity (Wildman–Crippen MR) is 133 cm³/mol. The fourth-order valence-corrected chi connectivity index (χ4v) is 2.97. The van der Waals surface area contributed by atoms with E-state index in [4.69, 9.17) is 14.2 Å². The van der Waals surface area contributed by atoms with Crippen LogP contribution in [0.25, 0.3) is 0 Å². The van der Waals surface area contributed by atoms with Crippen LogP contribution in [0.5, 0.6) is 11.5 Å². The summed E-state index contributed by atoms with van der Waals surface area (Å²) in [4.78, 5) is 20.5. The van der Waals surface area contributed by atoms with Crippen molar-refractivity contribution in [1.29, 1.82) is 0 Å². The van der Waals surface area contributed by atoms with Crippen molar-refractivity contribution in [2.75, 3.05) is 74.3 Å². The molecule has 1 heterocycles. The molecule has 2 rings (SSSR count). The first kappa shape index (κ1) is 27.2. The maximum Gasteiger partial charge on any atom is 0.241 e. The highest BCUT2D eigenvalue weighted by Gasteiger charge is 2.11. The summed E-state index contributed by atoms with van der Waals surface area (Å²) in [6.07, 6.45) is 0.980. The highest BCUT2D eigenvalue weighted by Crippen LogP contribution is 2.25. The van der Waals surface area contributed by atoms with E-state index in [-0.39, 0.29) is 36.4 Å². The number of morpholine rings is 1. The van der Waals surface area contributed by atoms with Crippen molar-refractivity contribution in [3.05, 3.63) is 23.8 Å². The zero-order chi connectivity index (χ0) is 21.8. The van der Waals surface area contributed by atoms with Gasteiger partial charge in [0.15, 0.2) is 5.96 Å². The van der Waals surface area contributed by atoms with E-state index in [1.165, 1.54) is 0 Å². The minimum Gasteiger partial charge on any atom is -0.497 e. The number of ether oxygens (including phenoxy) is 3. The Balaban J connectivity index is 0.00000480. The van der Waals surface area contributed by atoms with Crippen molar-refractivity contribution < 1.29 is 19.0 Å². The molecule has 0 spiro atoms. The molecule has 0 unspecified atom stereocenters. The lowest BCUT2D eigenvalue weighted by atomic mass is 10.2. The zero-order valence-corrected chi connectivity index (χ0v) is 21.3. The SMILES string of the molecule is COc1ccc(CN=C(NCCCN2CCOCC2)NCC(=O)N(C)C)c(OC)c1.I. The van der Waals surface area contributed by atoms with E-state index in [0.29, 0.717) is 18.3 Å². The number of amides is 1. The summed E-state index contributed by atoms with van der Waals surface area (Å²) in [6, 6.07) is 5.65. The summed E-state index contributed by atoms with van der Waals surface area (Å²) in [5, 5.41) is 6.45. The molecule has 1 aromatic carbocycles. The second-order valence-corrected chi connectivity index (χ2v) is 7.22. The Kier molecular flexibility index (Phi) is 13.3. The van der Waals surface area contributed by atoms with Crippen LogP contribution in [0.1, 0.15) is 12.0 Å². The molecule has 1 aromatic rings. The van der Waals surface area contributed by atoms with Gasteiger partial charge in [0.25, 0.3) is 0 Å². The molecule has 0 bridgehead atoms. The normalized spacial score (nSPS) is 14.4. The zero-order valence-electron chi connectivity index (χ0n) is 19.0. The lowest BCUT2D eigenvalue weighted by molar-refractivity contribution is -0.127. The van der Waals surface area contributed by atoms with Crippen molar-refractivity contribution >= 4 is 35.8 Å². The monoisotopic (exact) mass is 549 g/mol. The molecule has 31 heavy (non-hydrogen) atoms. The fraction of sp³-hybridized carbons (Fsp3) is 0.619. The second-order valence-electron chi connectivity index (χ2n) is 7.22. The molecule has 1 amide bonds. The van der Waals surface area contributed by atoms with E-state index >= 15 is 0 Å². The number of aliphatic imine (C=N–C) groups is 1. The maximum absolute atomic E-state index is 12.0. The van der Waals surface area contributed by atoms with Gasteiger partial charge in [0.2, 0.25) is 5.91 Å². The highest BCUT2D eigenvalue weighted by molar-refractivity contribution is 14.0. The average Bonchev–Trinajstić information content (AvgIpc) is 2.78. The number of methoxy groups -OCH3 is 2. The number of likely N-dealkylation sites (N-methyl/N-ethyl adjacent to an activating group) is 1. The van der Waals surface area contributed by atoms with Gasteiger partial charge >= 0.3 is 0 Å². The quantitative estimate of drug-likeness (QED) is 0.196. The number of carbonyl (C=O) groups is 1. The van der Waals surface area contributed by atoms with Crippen LogP contribution < -0.4 is 20.1 Å². The first-order valence-electron chi connectivity index (χ1n) is 10.3. The van der Waals surface area contributed by atoms with Crippen LogP contribution in [-0.4, -0.2) is 95.9 Å². The van der Waals surface area contributed by atoms with Crippen LogP contribution in [0.2, 0.25) is 0 Å². The second kappa shape index (κ2) is 15.1. The lowest BCUT2D eigenvalue weighted by Crippen LogP contribution is -2.44. The Hall–Kier alpha value is -1.79. The summed E-state index contributed by atoms with van der Waals surface area (Å²) >= 11 is 0. The van der Waals surface area contributed by atoms with Crippen molar-refractivity contribution in [3.63, 3.8) is 0 Å². The van der Waals surface area contributed by atoms with Gasteiger partial charge in [0.05, 0.1) is 40.5 Å². The molecule has 10 heteroatoms. The number of hydrogen-bond donors (Lipinski definition) is 2. The van der Waals surface area contributed by atoms with E-state index in [1.807, 2.05) is 18.2 Å². The summed E-state index contributed by atoms with van der Waals surface area (Å²) < 4.78 is 16.1. The summed E-state index contributed by atoms with van der Waals surface area (Å²) in [5.74, 6) is 2.04. The number of rotatable bonds is 10. The van der Waals surface area contributed by atoms with Crippen LogP contribution in [0, 0.1) is 0 Å². The average molecular weight is 549 g/mol. The Morgan fingerprint density at radius 1 is 1.19 bits per heavy atom. The van der Waals surface area contributed by atoms with Crippen LogP contribution in [0.4, 0.5) is 0 Å². The molecule has 0 aliphatic carbocycles. The summed E-state index contributed by atoms with van der Waals surface area (Å²) in [7, 11) is 6.72. The number of carbonyl (C=O) groups excluding carboxylic acids is 1. The summed E-state index contributed by atoms with van der Waals surface area (Å²) in [5.41, 5.74) is 0.937. The van der Waals surface area contributed by atoms with Gasteiger partial charge in [-0.3, -0.25) is 9.69 Å². The van der Waals surface area contributed by atoms with Crippen LogP contribution in [0.3, 0.4) is 0 Å². The molecule has 0 saturated carbocycles. The molecule has 9 nitrogen and oxygen atoms in total. The number of nitrogens with zero attached hydrogens (tertiary/aromatic N) is 3. The van der Waals surface area contributed by atoms with Gasteiger partial charge in [-0.1, -0.05) is 0 Å². The standard InChI is InChI=1S/C21H35N5O4.HI/c1-25(2)20(27)16-24-21(22-8-5-9-26-10-12-30-13-11-26)23-15-17-6-7-18(28-3)14-19(17)29-4;/h6-7,14H,5,8-13,15-16H2,1-4H3,(H2,22,23,24);1H. The largest absolute Gasteiger partial charge is 0.497 e. The molecule has 1 saturated heterocycles. The highest BCUT2D eigenvalue weighted by atomic mass is 127. The smallest absolute Gasteiger partial charge is 0.241 e. The van der Waals surface area contributed by atoms with Gasteiger partial charge in [0, 0.05) is 45.4 Å². The van der Waals surface area contributed by atoms with Gasteiger partial charge in [-0.05, 0) is 25.1 Å². The number of hydrogen-bond acceptors (Lipinski definition) is 6. The first-order valence-corrected chi connectivity index (χ1v) is 10.3. The number of benzene rings is 1. The van der Waals surface area contributed by atoms with E-state index in [1.54, 1.807) is 33.2 Å². The van der Waals surface area contributed by atoms with Crippen molar-refractivity contribution in [1.82, 2.24) is 20.4 Å². The third-order valence-corrected chi connectivity index (χ3v) is 4.85. The number of nitrogens with one attached hydrogen (secondary N) is 2. The summed E-state index contributed by atoms with van der Waals surface area (Å²) in [6.45, 7) is 5.94. The Labute approximate surface area is 202 Å². The molecule has 1 aliphatic rings. The van der Waals surface area contributed by atoms with Crippen molar-refractivity contribution in [3.8, 4) is 11.5 Å². The van der Waals surface area contributed by atoms with E-state index < -0.39 is 0 Å². The number of halogens is 1. The Bertz CT molecular complexity index is 696. The maximum atomic E-state index is 12.0. The van der Waals surface area contributed by atoms with Gasteiger partial charge in [-0.2, -0.15) is 0 Å². The van der Waals surface area contributed by atoms with Gasteiger partial charge in [-0.15, -0.1) is 24.0 Å². The Morgan fingerprint density at radius 2 is 1.94 bits per heavy atom. The molecule has 1 aliphatic heterocycles. The minimum atomic E-state index is -0.0140. The van der Waals surface area contributed by atoms with Gasteiger partial charge < -0.3 is 29.7 Å². The molecule has 0 atom stereocenters. The third-order valence-electron chi connectivity index (χ3n) is 4.85. The predicted octanol–water partition coefficient (Wildman–Crippen LogP) is 1.17. The lowest BCUT2D eigenvalue weighted by Gasteiger charge is -2.26. The van der Waals surface area contributed by atoms with Crippen molar-refractivity contribution in [2.24, 2.45) is 4.99 Å². The van der Waals surface area contributed by atoms with Crippen LogP contribution in [-0.2, 0) is 16.1 Å². The topological polar surface area (TPSA) is 87.7 Å². The first-order chi connectivity index (χ1) is 14.5. The van der Waals surface area contributed by atoms with Gasteiger partial charge in [0.1, 0.15) is 11.5 Å². The van der Waals surface area contributed by atoms with E-state index in [9.17, 15) is 4.79 Å². The minimum absolute atomic E-state index is 0. The van der Waals surface area contributed by atoms with Crippen LogP contribution >= 0.6 is 24.0 Å². The molecular weight excluding hydrogens is 513 g/mol. The van der Waals surface area contributed by atoms with Gasteiger partial charge in [-0.25, -0.2) is 4.99 Å². The third kappa shape index (κ3) is 9.92. The number of guanidine groups is 1. The molecule has 0 aromatic heterocycles. The van der Waals surface area contributed by atoms with E-state index in [2.05, 4.69) is 20.5 Å². The molecular formula is C21H36IN5O4. The molecule has 2 N–H and O–H groups in total. The molecule has 0 radical (unpaired) electrons. The van der Waals surface area contributed by atoms with Crippen molar-refractivity contribution in [2.45, 2.75) is 13.0 Å². The fourth-order valence-electron chi connectivity index (χ4n) is 2.97. The van der Waals surface area contributed by atoms with Crippen LogP contribution in [0.15, 0.2) is 23.2 Å². The molecule has 1 fully saturated rings.